The van der Waals surface area contributed by atoms with Gasteiger partial charge in [-0.25, -0.2) is 0 Å². The second kappa shape index (κ2) is 9.66. The van der Waals surface area contributed by atoms with Crippen LogP contribution in [0.5, 0.6) is 0 Å². The first-order valence-corrected chi connectivity index (χ1v) is 11.6. The molecule has 35 heavy (non-hydrogen) atoms. The minimum Gasteiger partial charge on any atom is -0.358 e. The minimum atomic E-state index is -0.913. The molecule has 4 aromatic rings. The van der Waals surface area contributed by atoms with Gasteiger partial charge in [-0.1, -0.05) is 103 Å². The monoisotopic (exact) mass is 463 g/mol. The average Bonchev–Trinajstić information content (AvgIpc) is 3.16. The summed E-state index contributed by atoms with van der Waals surface area (Å²) in [7, 11) is 0. The number of hydrogen-bond acceptors (Lipinski definition) is 4. The summed E-state index contributed by atoms with van der Waals surface area (Å²) in [4.78, 5) is 31.3. The lowest BCUT2D eigenvalue weighted by Gasteiger charge is -2.37. The minimum absolute atomic E-state index is 0.131. The number of nitrogens with zero attached hydrogens (tertiary/aromatic N) is 1. The van der Waals surface area contributed by atoms with Gasteiger partial charge < -0.3 is 4.74 Å². The molecule has 1 heterocycles. The van der Waals surface area contributed by atoms with Crippen LogP contribution in [0.25, 0.3) is 0 Å². The van der Waals surface area contributed by atoms with Crippen molar-refractivity contribution in [1.29, 1.82) is 0 Å². The van der Waals surface area contributed by atoms with E-state index in [2.05, 4.69) is 0 Å². The number of rotatable bonds is 8. The van der Waals surface area contributed by atoms with Gasteiger partial charge in [0.05, 0.1) is 17.7 Å². The second-order valence-corrected chi connectivity index (χ2v) is 8.46. The molecule has 2 amide bonds. The van der Waals surface area contributed by atoms with Gasteiger partial charge in [-0.2, -0.15) is 0 Å². The predicted octanol–water partition coefficient (Wildman–Crippen LogP) is 5.61. The second-order valence-electron chi connectivity index (χ2n) is 8.46. The number of carbonyl (C=O) groups is 2. The summed E-state index contributed by atoms with van der Waals surface area (Å²) in [6.07, 6.45) is -0.576. The third kappa shape index (κ3) is 4.16. The van der Waals surface area contributed by atoms with Crippen LogP contribution in [0.3, 0.4) is 0 Å². The van der Waals surface area contributed by atoms with Gasteiger partial charge in [-0.3, -0.25) is 14.4 Å². The molecule has 0 saturated carbocycles. The molecule has 4 aromatic carbocycles. The zero-order chi connectivity index (χ0) is 24.3. The molecule has 1 aliphatic rings. The zero-order valence-corrected chi connectivity index (χ0v) is 19.3. The first-order valence-electron chi connectivity index (χ1n) is 11.6. The molecule has 1 atom stereocenters. The Balaban J connectivity index is 1.46. The summed E-state index contributed by atoms with van der Waals surface area (Å²) in [5, 5.41) is 0.841. The summed E-state index contributed by atoms with van der Waals surface area (Å²) in [6, 6.07) is 36.8. The van der Waals surface area contributed by atoms with Gasteiger partial charge in [0, 0.05) is 0 Å². The van der Waals surface area contributed by atoms with Crippen molar-refractivity contribution in [3.63, 3.8) is 0 Å². The van der Waals surface area contributed by atoms with Crippen molar-refractivity contribution in [3.8, 4) is 0 Å². The number of ether oxygens (including phenoxy) is 1. The molecule has 0 fully saturated rings. The Morgan fingerprint density at radius 1 is 0.629 bits per heavy atom. The Bertz CT molecular complexity index is 1190. The van der Waals surface area contributed by atoms with Crippen LogP contribution < -0.4 is 0 Å². The van der Waals surface area contributed by atoms with Crippen molar-refractivity contribution >= 4 is 11.8 Å². The Morgan fingerprint density at radius 2 is 1.00 bits per heavy atom. The summed E-state index contributed by atoms with van der Waals surface area (Å²) in [6.45, 7) is 1.92. The van der Waals surface area contributed by atoms with Gasteiger partial charge in [0.1, 0.15) is 11.7 Å². The Kier molecular flexibility index (Phi) is 6.27. The maximum absolute atomic E-state index is 12.7. The molecule has 5 heteroatoms. The smallest absolute Gasteiger partial charge is 0.285 e. The average molecular weight is 464 g/mol. The first-order chi connectivity index (χ1) is 17.1. The fourth-order valence-corrected chi connectivity index (χ4v) is 4.48. The highest BCUT2D eigenvalue weighted by atomic mass is 16.7. The van der Waals surface area contributed by atoms with E-state index in [0.717, 1.165) is 21.8 Å². The van der Waals surface area contributed by atoms with Crippen LogP contribution in [-0.4, -0.2) is 29.6 Å². The molecule has 0 N–H and O–H groups in total. The van der Waals surface area contributed by atoms with Gasteiger partial charge in [0.25, 0.3) is 11.8 Å². The van der Waals surface area contributed by atoms with Crippen LogP contribution in [0.15, 0.2) is 115 Å². The lowest BCUT2D eigenvalue weighted by Crippen LogP contribution is -2.39. The molecular weight excluding hydrogens is 438 g/mol. The largest absolute Gasteiger partial charge is 0.358 e. The van der Waals surface area contributed by atoms with Crippen LogP contribution in [0, 0.1) is 0 Å². The van der Waals surface area contributed by atoms with E-state index >= 15 is 0 Å². The third-order valence-electron chi connectivity index (χ3n) is 6.12. The first kappa shape index (κ1) is 22.7. The van der Waals surface area contributed by atoms with E-state index in [1.165, 1.54) is 0 Å². The Hall–Kier alpha value is -4.06. The number of fused-ring (bicyclic) bond motifs is 1. The lowest BCUT2D eigenvalue weighted by molar-refractivity contribution is -0.156. The molecular formula is C30H25NO4. The summed E-state index contributed by atoms with van der Waals surface area (Å²) >= 11 is 0. The highest BCUT2D eigenvalue weighted by Crippen LogP contribution is 2.40. The molecule has 0 radical (unpaired) electrons. The van der Waals surface area contributed by atoms with Crippen molar-refractivity contribution in [1.82, 2.24) is 5.06 Å². The number of imide groups is 1. The number of hydroxylamine groups is 2. The Morgan fingerprint density at radius 3 is 1.40 bits per heavy atom. The standard InChI is InChI=1S/C30H25NO4/c1-22(35-31-28(32)26-19-11-12-20-27(26)29(31)33)21-34-30(23-13-5-2-6-14-23,24-15-7-3-8-16-24)25-17-9-4-10-18-25/h2-20,22H,21H2,1H3. The van der Waals surface area contributed by atoms with Gasteiger partial charge >= 0.3 is 0 Å². The maximum atomic E-state index is 12.7. The molecule has 1 aliphatic heterocycles. The molecule has 1 unspecified atom stereocenters. The van der Waals surface area contributed by atoms with E-state index < -0.39 is 23.5 Å². The van der Waals surface area contributed by atoms with Crippen LogP contribution in [-0.2, 0) is 15.2 Å². The van der Waals surface area contributed by atoms with E-state index in [0.29, 0.717) is 11.1 Å². The van der Waals surface area contributed by atoms with Gasteiger partial charge in [0.15, 0.2) is 0 Å². The van der Waals surface area contributed by atoms with Gasteiger partial charge in [-0.05, 0) is 35.7 Å². The third-order valence-corrected chi connectivity index (χ3v) is 6.12. The van der Waals surface area contributed by atoms with Crippen LogP contribution >= 0.6 is 0 Å². The SMILES string of the molecule is CC(COC(c1ccccc1)(c1ccccc1)c1ccccc1)ON1C(=O)c2ccccc2C1=O. The number of amides is 2. The summed E-state index contributed by atoms with van der Waals surface area (Å²) < 4.78 is 6.73. The number of carbonyl (C=O) groups excluding carboxylic acids is 2. The molecule has 0 bridgehead atoms. The van der Waals surface area contributed by atoms with Crippen molar-refractivity contribution in [2.45, 2.75) is 18.6 Å². The molecule has 5 rings (SSSR count). The molecule has 0 aliphatic carbocycles. The van der Waals surface area contributed by atoms with Gasteiger partial charge in [-0.15, -0.1) is 5.06 Å². The summed E-state index contributed by atoms with van der Waals surface area (Å²) in [5.74, 6) is -0.921. The molecule has 0 spiro atoms. The Labute approximate surface area is 204 Å². The van der Waals surface area contributed by atoms with E-state index in [1.807, 2.05) is 91.0 Å². The maximum Gasteiger partial charge on any atom is 0.285 e. The molecule has 5 nitrogen and oxygen atoms in total. The van der Waals surface area contributed by atoms with E-state index in [9.17, 15) is 9.59 Å². The van der Waals surface area contributed by atoms with Crippen molar-refractivity contribution in [2.75, 3.05) is 6.61 Å². The van der Waals surface area contributed by atoms with Crippen LogP contribution in [0.2, 0.25) is 0 Å². The zero-order valence-electron chi connectivity index (χ0n) is 19.3. The molecule has 174 valence electrons. The van der Waals surface area contributed by atoms with Crippen LogP contribution in [0.4, 0.5) is 0 Å². The van der Waals surface area contributed by atoms with Gasteiger partial charge in [0.2, 0.25) is 0 Å². The fraction of sp³-hybridized carbons (Fsp3) is 0.133. The number of benzene rings is 4. The topological polar surface area (TPSA) is 55.8 Å². The van der Waals surface area contributed by atoms with Crippen molar-refractivity contribution < 1.29 is 19.2 Å². The fourth-order valence-electron chi connectivity index (χ4n) is 4.48. The van der Waals surface area contributed by atoms with E-state index in [4.69, 9.17) is 9.57 Å². The molecule has 0 saturated heterocycles. The number of hydrogen-bond donors (Lipinski definition) is 0. The summed E-state index contributed by atoms with van der Waals surface area (Å²) in [5.41, 5.74) is 2.67. The highest BCUT2D eigenvalue weighted by molar-refractivity contribution is 6.20. The van der Waals surface area contributed by atoms with E-state index in [-0.39, 0.29) is 6.61 Å². The van der Waals surface area contributed by atoms with Crippen LogP contribution in [0.1, 0.15) is 44.3 Å². The molecule has 0 aromatic heterocycles. The predicted molar refractivity (Wildman–Crippen MR) is 133 cm³/mol. The highest BCUT2D eigenvalue weighted by Gasteiger charge is 2.40. The quantitative estimate of drug-likeness (QED) is 0.252. The normalized spacial score (nSPS) is 14.1. The lowest BCUT2D eigenvalue weighted by atomic mass is 9.80. The van der Waals surface area contributed by atoms with E-state index in [1.54, 1.807) is 31.2 Å². The van der Waals surface area contributed by atoms with Crippen molar-refractivity contribution in [3.05, 3.63) is 143 Å². The van der Waals surface area contributed by atoms with Crippen molar-refractivity contribution in [2.24, 2.45) is 0 Å².